The van der Waals surface area contributed by atoms with Gasteiger partial charge in [-0.1, -0.05) is 0 Å². The third kappa shape index (κ3) is 4.61. The van der Waals surface area contributed by atoms with Crippen molar-refractivity contribution in [3.63, 3.8) is 0 Å². The number of methoxy groups -OCH3 is 2. The number of hydrogen-bond donors (Lipinski definition) is 0. The first-order valence-corrected chi connectivity index (χ1v) is 8.29. The van der Waals surface area contributed by atoms with E-state index in [1.54, 1.807) is 45.2 Å². The van der Waals surface area contributed by atoms with Crippen LogP contribution >= 0.6 is 0 Å². The van der Waals surface area contributed by atoms with Crippen LogP contribution in [0.3, 0.4) is 0 Å². The second kappa shape index (κ2) is 8.89. The molecular formula is C18H27NO5. The van der Waals surface area contributed by atoms with Crippen molar-refractivity contribution < 1.29 is 23.7 Å². The Balaban J connectivity index is 1.94. The van der Waals surface area contributed by atoms with Crippen LogP contribution in [0.2, 0.25) is 0 Å². The van der Waals surface area contributed by atoms with Crippen LogP contribution in [0, 0.1) is 0 Å². The second-order valence-electron chi connectivity index (χ2n) is 5.90. The molecular weight excluding hydrogens is 310 g/mol. The molecule has 0 aliphatic carbocycles. The smallest absolute Gasteiger partial charge is 0.255 e. The van der Waals surface area contributed by atoms with Gasteiger partial charge in [-0.3, -0.25) is 4.79 Å². The summed E-state index contributed by atoms with van der Waals surface area (Å²) in [6.07, 6.45) is 2.82. The first-order chi connectivity index (χ1) is 11.6. The molecule has 1 aliphatic heterocycles. The number of ether oxygens (including phenoxy) is 4. The lowest BCUT2D eigenvalue weighted by atomic mass is 10.1. The molecule has 2 atom stereocenters. The summed E-state index contributed by atoms with van der Waals surface area (Å²) in [4.78, 5) is 14.1. The highest BCUT2D eigenvalue weighted by atomic mass is 16.5. The second-order valence-corrected chi connectivity index (χ2v) is 5.90. The number of amides is 1. The van der Waals surface area contributed by atoms with E-state index in [2.05, 4.69) is 0 Å². The normalized spacial score (nSPS) is 18.8. The molecule has 0 bridgehead atoms. The fraction of sp³-hybridized carbons (Fsp3) is 0.611. The van der Waals surface area contributed by atoms with Crippen LogP contribution in [0.4, 0.5) is 5.69 Å². The van der Waals surface area contributed by atoms with Gasteiger partial charge in [0.1, 0.15) is 6.10 Å². The summed E-state index contributed by atoms with van der Waals surface area (Å²) in [5.74, 6) is 1.10. The molecule has 0 spiro atoms. The number of carbonyl (C=O) groups is 1. The maximum Gasteiger partial charge on any atom is 0.255 e. The Morgan fingerprint density at radius 2 is 2.04 bits per heavy atom. The van der Waals surface area contributed by atoms with Gasteiger partial charge in [0.25, 0.3) is 5.91 Å². The number of likely N-dealkylation sites (N-methyl/N-ethyl adjacent to an activating group) is 1. The van der Waals surface area contributed by atoms with E-state index in [4.69, 9.17) is 18.9 Å². The largest absolute Gasteiger partial charge is 0.493 e. The molecule has 2 rings (SSSR count). The minimum absolute atomic E-state index is 0.0976. The lowest BCUT2D eigenvalue weighted by molar-refractivity contribution is -0.132. The van der Waals surface area contributed by atoms with E-state index in [-0.39, 0.29) is 12.0 Å². The minimum Gasteiger partial charge on any atom is -0.493 e. The zero-order chi connectivity index (χ0) is 17.5. The van der Waals surface area contributed by atoms with Gasteiger partial charge in [0, 0.05) is 25.4 Å². The molecule has 0 N–H and O–H groups in total. The Kier molecular flexibility index (Phi) is 6.87. The van der Waals surface area contributed by atoms with Gasteiger partial charge >= 0.3 is 0 Å². The average Bonchev–Trinajstić information content (AvgIpc) is 2.65. The van der Waals surface area contributed by atoms with E-state index in [1.807, 2.05) is 6.07 Å². The molecule has 1 saturated heterocycles. The summed E-state index contributed by atoms with van der Waals surface area (Å²) in [5.41, 5.74) is 0.724. The highest BCUT2D eigenvalue weighted by molar-refractivity contribution is 5.96. The first kappa shape index (κ1) is 18.5. The van der Waals surface area contributed by atoms with E-state index >= 15 is 0 Å². The highest BCUT2D eigenvalue weighted by Gasteiger charge is 2.22. The van der Waals surface area contributed by atoms with Gasteiger partial charge in [-0.05, 0) is 38.3 Å². The van der Waals surface area contributed by atoms with Crippen LogP contribution in [-0.4, -0.2) is 52.6 Å². The van der Waals surface area contributed by atoms with Crippen LogP contribution in [0.15, 0.2) is 18.2 Å². The van der Waals surface area contributed by atoms with Crippen LogP contribution < -0.4 is 14.4 Å². The zero-order valence-electron chi connectivity index (χ0n) is 14.9. The average molecular weight is 337 g/mol. The minimum atomic E-state index is -0.534. The number of hydrogen-bond acceptors (Lipinski definition) is 5. The molecule has 0 aromatic heterocycles. The number of rotatable bonds is 7. The number of nitrogens with zero attached hydrogens (tertiary/aromatic N) is 1. The third-order valence-electron chi connectivity index (χ3n) is 4.24. The van der Waals surface area contributed by atoms with Crippen LogP contribution in [0.5, 0.6) is 11.5 Å². The molecule has 1 aromatic carbocycles. The Morgan fingerprint density at radius 3 is 2.67 bits per heavy atom. The van der Waals surface area contributed by atoms with Gasteiger partial charge in [0.15, 0.2) is 11.5 Å². The van der Waals surface area contributed by atoms with Crippen LogP contribution in [0.25, 0.3) is 0 Å². The summed E-state index contributed by atoms with van der Waals surface area (Å²) in [7, 11) is 4.87. The molecule has 24 heavy (non-hydrogen) atoms. The Labute approximate surface area is 143 Å². The Hall–Kier alpha value is -1.79. The predicted molar refractivity (Wildman–Crippen MR) is 92.0 cm³/mol. The molecule has 1 heterocycles. The topological polar surface area (TPSA) is 57.2 Å². The van der Waals surface area contributed by atoms with Gasteiger partial charge in [-0.2, -0.15) is 0 Å². The summed E-state index contributed by atoms with van der Waals surface area (Å²) in [5, 5.41) is 0. The molecule has 0 radical (unpaired) electrons. The molecule has 6 heteroatoms. The predicted octanol–water partition coefficient (Wildman–Crippen LogP) is 2.64. The molecule has 134 valence electrons. The maximum absolute atomic E-state index is 12.6. The molecule has 1 fully saturated rings. The van der Waals surface area contributed by atoms with Crippen molar-refractivity contribution in [1.82, 2.24) is 0 Å². The van der Waals surface area contributed by atoms with Crippen LogP contribution in [0.1, 0.15) is 26.2 Å². The van der Waals surface area contributed by atoms with Crippen molar-refractivity contribution >= 4 is 11.6 Å². The molecule has 6 nitrogen and oxygen atoms in total. The zero-order valence-corrected chi connectivity index (χ0v) is 14.9. The molecule has 0 saturated carbocycles. The van der Waals surface area contributed by atoms with Crippen molar-refractivity contribution in [2.45, 2.75) is 38.4 Å². The van der Waals surface area contributed by atoms with E-state index < -0.39 is 6.10 Å². The van der Waals surface area contributed by atoms with Gasteiger partial charge in [0.2, 0.25) is 0 Å². The lowest BCUT2D eigenvalue weighted by Gasteiger charge is -2.26. The summed E-state index contributed by atoms with van der Waals surface area (Å²) >= 11 is 0. The van der Waals surface area contributed by atoms with Crippen molar-refractivity contribution in [2.75, 3.05) is 39.4 Å². The molecule has 1 amide bonds. The van der Waals surface area contributed by atoms with E-state index in [1.165, 1.54) is 0 Å². The quantitative estimate of drug-likeness (QED) is 0.765. The maximum atomic E-state index is 12.6. The SMILES string of the molecule is COc1ccc(N(C)C(=O)C(C)OCC2CCCCO2)cc1OC. The molecule has 2 unspecified atom stereocenters. The fourth-order valence-electron chi connectivity index (χ4n) is 2.70. The number of carbonyl (C=O) groups excluding carboxylic acids is 1. The van der Waals surface area contributed by atoms with Crippen molar-refractivity contribution in [2.24, 2.45) is 0 Å². The Morgan fingerprint density at radius 1 is 1.29 bits per heavy atom. The van der Waals surface area contributed by atoms with Crippen molar-refractivity contribution in [3.8, 4) is 11.5 Å². The monoisotopic (exact) mass is 337 g/mol. The molecule has 1 aliphatic rings. The standard InChI is InChI=1S/C18H27NO5/c1-13(24-12-15-7-5-6-10-23-15)18(20)19(2)14-8-9-16(21-3)17(11-14)22-4/h8-9,11,13,15H,5-7,10,12H2,1-4H3. The summed E-state index contributed by atoms with van der Waals surface area (Å²) < 4.78 is 21.8. The van der Waals surface area contributed by atoms with E-state index in [0.29, 0.717) is 18.1 Å². The van der Waals surface area contributed by atoms with Crippen molar-refractivity contribution in [1.29, 1.82) is 0 Å². The van der Waals surface area contributed by atoms with Gasteiger partial charge in [-0.25, -0.2) is 0 Å². The van der Waals surface area contributed by atoms with E-state index in [9.17, 15) is 4.79 Å². The van der Waals surface area contributed by atoms with Crippen molar-refractivity contribution in [3.05, 3.63) is 18.2 Å². The van der Waals surface area contributed by atoms with Gasteiger partial charge < -0.3 is 23.8 Å². The number of benzene rings is 1. The van der Waals surface area contributed by atoms with E-state index in [0.717, 1.165) is 31.6 Å². The number of anilines is 1. The first-order valence-electron chi connectivity index (χ1n) is 8.29. The molecule has 1 aromatic rings. The lowest BCUT2D eigenvalue weighted by Crippen LogP contribution is -2.38. The fourth-order valence-corrected chi connectivity index (χ4v) is 2.70. The summed E-state index contributed by atoms with van der Waals surface area (Å²) in [6.45, 7) is 3.00. The third-order valence-corrected chi connectivity index (χ3v) is 4.24. The van der Waals surface area contributed by atoms with Crippen LogP contribution in [-0.2, 0) is 14.3 Å². The highest BCUT2D eigenvalue weighted by Crippen LogP contribution is 2.31. The van der Waals surface area contributed by atoms with Gasteiger partial charge in [0.05, 0.1) is 26.9 Å². The Bertz CT molecular complexity index is 542. The summed E-state index contributed by atoms with van der Waals surface area (Å²) in [6, 6.07) is 5.36. The van der Waals surface area contributed by atoms with Gasteiger partial charge in [-0.15, -0.1) is 0 Å².